The van der Waals surface area contributed by atoms with E-state index in [9.17, 15) is 19.8 Å². The Hall–Kier alpha value is -6.38. The summed E-state index contributed by atoms with van der Waals surface area (Å²) in [4.78, 5) is 32.1. The second-order valence-electron chi connectivity index (χ2n) is 9.33. The molecule has 6 N–H and O–H groups in total. The lowest BCUT2D eigenvalue weighted by atomic mass is 10.2. The lowest BCUT2D eigenvalue weighted by Crippen LogP contribution is -2.09. The number of hydrogen-bond acceptors (Lipinski definition) is 17. The number of nitrogen functional groups attached to an aromatic ring is 2. The van der Waals surface area contributed by atoms with Crippen molar-refractivity contribution in [1.29, 1.82) is 0 Å². The molecule has 0 saturated heterocycles. The Morgan fingerprint density at radius 3 is 1.78 bits per heavy atom. The molecule has 5 heterocycles. The summed E-state index contributed by atoms with van der Waals surface area (Å²) < 4.78 is 9.81. The van der Waals surface area contributed by atoms with Crippen molar-refractivity contribution in [2.45, 2.75) is 13.8 Å². The summed E-state index contributed by atoms with van der Waals surface area (Å²) in [5.74, 6) is -0.922. The van der Waals surface area contributed by atoms with Gasteiger partial charge in [-0.2, -0.15) is 39.7 Å². The standard InChI is InChI=1S/C24H26N16O5/c1-10-17(31-33-21-12(14(42)9-41)7-27-37(21)3)19(25)39(35-10)15-6-16(30-24(44)29-15)40-20(26)18(11(2)36-40)32-34-22-13(23(43)45-5)8-28-38(22)4/h6-8,41H,9,25-26H2,1-5H3,(H,29,30,44). The number of hydrogen-bond donors (Lipinski definition) is 4. The molecule has 0 aliphatic heterocycles. The Morgan fingerprint density at radius 1 is 0.844 bits per heavy atom. The Kier molecular flexibility index (Phi) is 7.83. The van der Waals surface area contributed by atoms with Crippen LogP contribution < -0.4 is 11.5 Å². The number of aliphatic hydroxyl groups excluding tert-OH is 1. The Bertz CT molecular complexity index is 1870. The minimum atomic E-state index is -0.724. The maximum absolute atomic E-state index is 12.1. The summed E-state index contributed by atoms with van der Waals surface area (Å²) in [5, 5.41) is 52.9. The highest BCUT2D eigenvalue weighted by Crippen LogP contribution is 2.34. The lowest BCUT2D eigenvalue weighted by molar-refractivity contribution is 0.0601. The Labute approximate surface area is 252 Å². The van der Waals surface area contributed by atoms with Gasteiger partial charge in [0.25, 0.3) is 0 Å². The molecule has 5 aromatic heterocycles. The van der Waals surface area contributed by atoms with Gasteiger partial charge in [0, 0.05) is 20.2 Å². The van der Waals surface area contributed by atoms with Crippen LogP contribution in [0.25, 0.3) is 11.6 Å². The SMILES string of the molecule is COC(=O)c1cnn(C)c1N=Nc1c(C)nn(-c2cc(-n3nc(C)c(N=Nc4c(C(=O)CO)cnn4C)c3N)nc(O)n2)c1N. The highest BCUT2D eigenvalue weighted by molar-refractivity contribution is 6.00. The number of Topliss-reactive ketones (excluding diaryl/α,β-unsaturated/α-hetero) is 1. The minimum absolute atomic E-state index is 0.00519. The monoisotopic (exact) mass is 618 g/mol. The molecule has 0 bridgehead atoms. The first kappa shape index (κ1) is 30.1. The summed E-state index contributed by atoms with van der Waals surface area (Å²) in [5.41, 5.74) is 13.9. The Morgan fingerprint density at radius 2 is 1.31 bits per heavy atom. The van der Waals surface area contributed by atoms with Crippen molar-refractivity contribution in [3.63, 3.8) is 0 Å². The number of aliphatic hydroxyl groups is 1. The van der Waals surface area contributed by atoms with E-state index >= 15 is 0 Å². The first-order valence-corrected chi connectivity index (χ1v) is 12.8. The number of esters is 1. The molecule has 0 unspecified atom stereocenters. The van der Waals surface area contributed by atoms with Gasteiger partial charge in [-0.3, -0.25) is 4.79 Å². The molecule has 0 aliphatic rings. The van der Waals surface area contributed by atoms with Crippen LogP contribution in [0.2, 0.25) is 0 Å². The van der Waals surface area contributed by atoms with Gasteiger partial charge in [0.1, 0.15) is 12.2 Å². The number of ether oxygens (including phenoxy) is 1. The number of methoxy groups -OCH3 is 1. The first-order chi connectivity index (χ1) is 21.4. The summed E-state index contributed by atoms with van der Waals surface area (Å²) in [7, 11) is 4.37. The van der Waals surface area contributed by atoms with Gasteiger partial charge in [0.05, 0.1) is 36.5 Å². The van der Waals surface area contributed by atoms with E-state index in [1.54, 1.807) is 27.9 Å². The maximum Gasteiger partial charge on any atom is 0.343 e. The zero-order valence-corrected chi connectivity index (χ0v) is 24.5. The number of azo groups is 2. The molecule has 5 rings (SSSR count). The van der Waals surface area contributed by atoms with Gasteiger partial charge in [-0.05, 0) is 13.8 Å². The van der Waals surface area contributed by atoms with Crippen molar-refractivity contribution in [3.8, 4) is 17.6 Å². The average molecular weight is 619 g/mol. The van der Waals surface area contributed by atoms with Gasteiger partial charge in [-0.25, -0.2) is 14.2 Å². The molecule has 0 aliphatic carbocycles. The minimum Gasteiger partial charge on any atom is -0.479 e. The van der Waals surface area contributed by atoms with Crippen molar-refractivity contribution < 1.29 is 24.5 Å². The smallest absolute Gasteiger partial charge is 0.343 e. The largest absolute Gasteiger partial charge is 0.479 e. The van der Waals surface area contributed by atoms with E-state index in [4.69, 9.17) is 16.2 Å². The van der Waals surface area contributed by atoms with Crippen LogP contribution in [-0.4, -0.2) is 84.8 Å². The van der Waals surface area contributed by atoms with Crippen molar-refractivity contribution in [3.05, 3.63) is 41.0 Å². The average Bonchev–Trinajstić information content (AvgIpc) is 3.73. The number of nitrogens with two attached hydrogens (primary N) is 2. The fourth-order valence-electron chi connectivity index (χ4n) is 4.13. The number of carbonyl (C=O) groups is 2. The third-order valence-corrected chi connectivity index (χ3v) is 6.40. The van der Waals surface area contributed by atoms with Crippen molar-refractivity contribution in [1.82, 2.24) is 49.1 Å². The molecular formula is C24H26N16O5. The Balaban J connectivity index is 1.50. The maximum atomic E-state index is 12.1. The zero-order chi connectivity index (χ0) is 32.6. The summed E-state index contributed by atoms with van der Waals surface area (Å²) in [6.07, 6.45) is 2.57. The van der Waals surface area contributed by atoms with Gasteiger partial charge in [-0.1, -0.05) is 0 Å². The van der Waals surface area contributed by atoms with Crippen LogP contribution in [0, 0.1) is 13.8 Å². The molecular weight excluding hydrogens is 592 g/mol. The number of aromatic nitrogens is 10. The first-order valence-electron chi connectivity index (χ1n) is 12.8. The zero-order valence-electron chi connectivity index (χ0n) is 24.5. The van der Waals surface area contributed by atoms with E-state index in [-0.39, 0.29) is 57.4 Å². The van der Waals surface area contributed by atoms with E-state index in [1.807, 2.05) is 0 Å². The number of rotatable bonds is 9. The predicted octanol–water partition coefficient (Wildman–Crippen LogP) is 1.59. The van der Waals surface area contributed by atoms with Gasteiger partial charge in [0.2, 0.25) is 0 Å². The van der Waals surface area contributed by atoms with Gasteiger partial charge in [0.15, 0.2) is 52.1 Å². The molecule has 0 fully saturated rings. The van der Waals surface area contributed by atoms with Crippen LogP contribution in [0.3, 0.4) is 0 Å². The molecule has 45 heavy (non-hydrogen) atoms. The third-order valence-electron chi connectivity index (χ3n) is 6.40. The predicted molar refractivity (Wildman–Crippen MR) is 154 cm³/mol. The normalized spacial score (nSPS) is 11.7. The molecule has 0 atom stereocenters. The highest BCUT2D eigenvalue weighted by Gasteiger charge is 2.22. The third kappa shape index (κ3) is 5.45. The number of aryl methyl sites for hydroxylation is 4. The van der Waals surface area contributed by atoms with Crippen LogP contribution >= 0.6 is 0 Å². The van der Waals surface area contributed by atoms with Crippen molar-refractivity contribution >= 4 is 46.4 Å². The van der Waals surface area contributed by atoms with E-state index < -0.39 is 24.4 Å². The van der Waals surface area contributed by atoms with Crippen LogP contribution in [0.1, 0.15) is 32.1 Å². The van der Waals surface area contributed by atoms with Crippen molar-refractivity contribution in [2.75, 3.05) is 25.2 Å². The molecule has 0 radical (unpaired) electrons. The molecule has 21 nitrogen and oxygen atoms in total. The van der Waals surface area contributed by atoms with Crippen LogP contribution in [0.15, 0.2) is 38.9 Å². The van der Waals surface area contributed by atoms with E-state index in [0.717, 1.165) is 0 Å². The fourth-order valence-corrected chi connectivity index (χ4v) is 4.13. The second-order valence-corrected chi connectivity index (χ2v) is 9.33. The summed E-state index contributed by atoms with van der Waals surface area (Å²) >= 11 is 0. The molecule has 5 aromatic rings. The highest BCUT2D eigenvalue weighted by atomic mass is 16.5. The summed E-state index contributed by atoms with van der Waals surface area (Å²) in [6.45, 7) is 2.52. The summed E-state index contributed by atoms with van der Waals surface area (Å²) in [6, 6.07) is 0.761. The van der Waals surface area contributed by atoms with E-state index in [1.165, 1.54) is 44.3 Å². The second kappa shape index (κ2) is 11.7. The van der Waals surface area contributed by atoms with Gasteiger partial charge in [-0.15, -0.1) is 20.5 Å². The van der Waals surface area contributed by atoms with Gasteiger partial charge < -0.3 is 26.4 Å². The number of carbonyl (C=O) groups excluding carboxylic acids is 2. The van der Waals surface area contributed by atoms with Crippen LogP contribution in [0.5, 0.6) is 6.01 Å². The molecule has 232 valence electrons. The number of ketones is 1. The van der Waals surface area contributed by atoms with Gasteiger partial charge >= 0.3 is 12.0 Å². The quantitative estimate of drug-likeness (QED) is 0.104. The van der Waals surface area contributed by atoms with Crippen LogP contribution in [0.4, 0.5) is 34.6 Å². The fraction of sp³-hybridized carbons (Fsp3) is 0.250. The molecule has 0 saturated carbocycles. The topological polar surface area (TPSA) is 282 Å². The molecule has 0 aromatic carbocycles. The number of anilines is 2. The number of nitrogens with zero attached hydrogens (tertiary/aromatic N) is 14. The van der Waals surface area contributed by atoms with E-state index in [0.29, 0.717) is 11.4 Å². The lowest BCUT2D eigenvalue weighted by Gasteiger charge is -2.07. The molecule has 0 spiro atoms. The molecule has 21 heteroatoms. The number of aromatic hydroxyl groups is 1. The van der Waals surface area contributed by atoms with Crippen molar-refractivity contribution in [2.24, 2.45) is 34.6 Å². The molecule has 0 amide bonds. The van der Waals surface area contributed by atoms with E-state index in [2.05, 4.69) is 50.8 Å². The van der Waals surface area contributed by atoms with Crippen LogP contribution in [-0.2, 0) is 18.8 Å².